The van der Waals surface area contributed by atoms with Crippen LogP contribution in [0, 0.1) is 19.3 Å². The summed E-state index contributed by atoms with van der Waals surface area (Å²) in [6.45, 7) is 8.79. The highest BCUT2D eigenvalue weighted by Crippen LogP contribution is 2.30. The van der Waals surface area contributed by atoms with Gasteiger partial charge in [-0.05, 0) is 44.9 Å². The van der Waals surface area contributed by atoms with E-state index in [0.717, 1.165) is 25.9 Å². The molecule has 2 N–H and O–H groups in total. The number of nitrogens with one attached hydrogen (secondary N) is 2. The number of carbonyl (C=O) groups excluding carboxylic acids is 1. The molecule has 1 aromatic heterocycles. The molecule has 1 atom stereocenters. The Morgan fingerprint density at radius 1 is 1.56 bits per heavy atom. The maximum absolute atomic E-state index is 12.3. The van der Waals surface area contributed by atoms with Crippen LogP contribution in [0.5, 0.6) is 0 Å². The lowest BCUT2D eigenvalue weighted by Crippen LogP contribution is -2.41. The second kappa shape index (κ2) is 5.41. The van der Waals surface area contributed by atoms with E-state index in [4.69, 9.17) is 0 Å². The topological polar surface area (TPSA) is 41.1 Å². The standard InChI is InChI=1S/C14H22N2OS/c1-4-14(5-6-15-9-14)13(17)16-8-12-7-10(2)11(3)18-12/h7,15H,4-6,8-9H2,1-3H3,(H,16,17). The van der Waals surface area contributed by atoms with Crippen LogP contribution in [-0.2, 0) is 11.3 Å². The Morgan fingerprint density at radius 2 is 2.33 bits per heavy atom. The van der Waals surface area contributed by atoms with Crippen molar-refractivity contribution in [1.29, 1.82) is 0 Å². The van der Waals surface area contributed by atoms with E-state index in [1.807, 2.05) is 0 Å². The Kier molecular flexibility index (Phi) is 4.07. The van der Waals surface area contributed by atoms with Crippen molar-refractivity contribution in [3.8, 4) is 0 Å². The molecule has 1 aliphatic rings. The number of hydrogen-bond acceptors (Lipinski definition) is 3. The Morgan fingerprint density at radius 3 is 2.83 bits per heavy atom. The lowest BCUT2D eigenvalue weighted by atomic mass is 9.83. The summed E-state index contributed by atoms with van der Waals surface area (Å²) in [4.78, 5) is 14.9. The van der Waals surface area contributed by atoms with Gasteiger partial charge in [-0.1, -0.05) is 6.92 Å². The van der Waals surface area contributed by atoms with Gasteiger partial charge in [0.05, 0.1) is 12.0 Å². The van der Waals surface area contributed by atoms with Crippen LogP contribution in [0.1, 0.15) is 35.1 Å². The zero-order chi connectivity index (χ0) is 13.2. The first-order chi connectivity index (χ1) is 8.57. The molecule has 18 heavy (non-hydrogen) atoms. The summed E-state index contributed by atoms with van der Waals surface area (Å²) in [5.41, 5.74) is 1.14. The van der Waals surface area contributed by atoms with E-state index in [0.29, 0.717) is 6.54 Å². The van der Waals surface area contributed by atoms with Gasteiger partial charge < -0.3 is 10.6 Å². The lowest BCUT2D eigenvalue weighted by molar-refractivity contribution is -0.130. The highest BCUT2D eigenvalue weighted by Gasteiger charge is 2.39. The highest BCUT2D eigenvalue weighted by molar-refractivity contribution is 7.12. The lowest BCUT2D eigenvalue weighted by Gasteiger charge is -2.25. The van der Waals surface area contributed by atoms with Gasteiger partial charge in [0.15, 0.2) is 0 Å². The molecule has 0 bridgehead atoms. The predicted octanol–water partition coefficient (Wildman–Crippen LogP) is 2.37. The van der Waals surface area contributed by atoms with Gasteiger partial charge in [-0.25, -0.2) is 0 Å². The van der Waals surface area contributed by atoms with Gasteiger partial charge in [-0.15, -0.1) is 11.3 Å². The summed E-state index contributed by atoms with van der Waals surface area (Å²) in [5.74, 6) is 0.207. The average molecular weight is 266 g/mol. The van der Waals surface area contributed by atoms with Crippen LogP contribution in [0.15, 0.2) is 6.07 Å². The molecule has 1 unspecified atom stereocenters. The van der Waals surface area contributed by atoms with E-state index < -0.39 is 0 Å². The molecule has 0 radical (unpaired) electrons. The smallest absolute Gasteiger partial charge is 0.227 e. The fraction of sp³-hybridized carbons (Fsp3) is 0.643. The zero-order valence-electron chi connectivity index (χ0n) is 11.4. The second-order valence-electron chi connectivity index (χ2n) is 5.20. The van der Waals surface area contributed by atoms with Crippen LogP contribution in [0.2, 0.25) is 0 Å². The number of thiophene rings is 1. The van der Waals surface area contributed by atoms with Crippen LogP contribution in [0.3, 0.4) is 0 Å². The largest absolute Gasteiger partial charge is 0.351 e. The number of rotatable bonds is 4. The minimum atomic E-state index is -0.179. The van der Waals surface area contributed by atoms with Gasteiger partial charge >= 0.3 is 0 Å². The highest BCUT2D eigenvalue weighted by atomic mass is 32.1. The fourth-order valence-electron chi connectivity index (χ4n) is 2.49. The molecule has 3 nitrogen and oxygen atoms in total. The van der Waals surface area contributed by atoms with Crippen molar-refractivity contribution < 1.29 is 4.79 Å². The number of hydrogen-bond donors (Lipinski definition) is 2. The normalized spacial score (nSPS) is 23.3. The van der Waals surface area contributed by atoms with Gasteiger partial charge in [0.25, 0.3) is 0 Å². The van der Waals surface area contributed by atoms with E-state index >= 15 is 0 Å². The monoisotopic (exact) mass is 266 g/mol. The molecule has 100 valence electrons. The first-order valence-corrected chi connectivity index (χ1v) is 7.44. The van der Waals surface area contributed by atoms with Crippen LogP contribution >= 0.6 is 11.3 Å². The Bertz CT molecular complexity index is 414. The average Bonchev–Trinajstić information content (AvgIpc) is 2.95. The van der Waals surface area contributed by atoms with Crippen molar-refractivity contribution in [1.82, 2.24) is 10.6 Å². The van der Waals surface area contributed by atoms with Gasteiger partial charge in [0, 0.05) is 16.3 Å². The molecule has 1 saturated heterocycles. The Hall–Kier alpha value is -0.870. The van der Waals surface area contributed by atoms with Crippen molar-refractivity contribution in [2.75, 3.05) is 13.1 Å². The molecule has 0 saturated carbocycles. The molecule has 1 fully saturated rings. The SMILES string of the molecule is CCC1(C(=O)NCc2cc(C)c(C)s2)CCNC1. The number of amides is 1. The summed E-state index contributed by atoms with van der Waals surface area (Å²) >= 11 is 1.78. The minimum absolute atomic E-state index is 0.179. The van der Waals surface area contributed by atoms with E-state index in [2.05, 4.69) is 37.5 Å². The molecule has 1 amide bonds. The fourth-order valence-corrected chi connectivity index (χ4v) is 3.48. The third-order valence-corrected chi connectivity index (χ3v) is 5.19. The van der Waals surface area contributed by atoms with Crippen LogP contribution < -0.4 is 10.6 Å². The van der Waals surface area contributed by atoms with E-state index in [9.17, 15) is 4.79 Å². The predicted molar refractivity (Wildman–Crippen MR) is 75.9 cm³/mol. The van der Waals surface area contributed by atoms with Gasteiger partial charge in [-0.3, -0.25) is 4.79 Å². The summed E-state index contributed by atoms with van der Waals surface area (Å²) in [5, 5.41) is 6.40. The van der Waals surface area contributed by atoms with Crippen LogP contribution in [0.25, 0.3) is 0 Å². The maximum Gasteiger partial charge on any atom is 0.227 e. The molecule has 1 aliphatic heterocycles. The first kappa shape index (κ1) is 13.6. The Balaban J connectivity index is 1.95. The van der Waals surface area contributed by atoms with E-state index in [1.54, 1.807) is 11.3 Å². The van der Waals surface area contributed by atoms with E-state index in [-0.39, 0.29) is 11.3 Å². The molecule has 0 aliphatic carbocycles. The third kappa shape index (κ3) is 2.59. The van der Waals surface area contributed by atoms with Gasteiger partial charge in [-0.2, -0.15) is 0 Å². The molecule has 0 aromatic carbocycles. The van der Waals surface area contributed by atoms with E-state index in [1.165, 1.54) is 15.3 Å². The summed E-state index contributed by atoms with van der Waals surface area (Å²) in [7, 11) is 0. The summed E-state index contributed by atoms with van der Waals surface area (Å²) in [6.07, 6.45) is 1.87. The first-order valence-electron chi connectivity index (χ1n) is 6.62. The Labute approximate surface area is 113 Å². The van der Waals surface area contributed by atoms with Crippen LogP contribution in [-0.4, -0.2) is 19.0 Å². The molecular weight excluding hydrogens is 244 g/mol. The number of aryl methyl sites for hydroxylation is 2. The molecule has 1 aromatic rings. The second-order valence-corrected chi connectivity index (χ2v) is 6.54. The van der Waals surface area contributed by atoms with Crippen molar-refractivity contribution in [3.63, 3.8) is 0 Å². The number of carbonyl (C=O) groups is 1. The molecule has 2 rings (SSSR count). The zero-order valence-corrected chi connectivity index (χ0v) is 12.2. The van der Waals surface area contributed by atoms with Crippen molar-refractivity contribution >= 4 is 17.2 Å². The molecular formula is C14H22N2OS. The summed E-state index contributed by atoms with van der Waals surface area (Å²) < 4.78 is 0. The third-order valence-electron chi connectivity index (χ3n) is 4.04. The van der Waals surface area contributed by atoms with Crippen LogP contribution in [0.4, 0.5) is 0 Å². The summed E-state index contributed by atoms with van der Waals surface area (Å²) in [6, 6.07) is 2.17. The van der Waals surface area contributed by atoms with Crippen molar-refractivity contribution in [3.05, 3.63) is 21.4 Å². The van der Waals surface area contributed by atoms with Crippen molar-refractivity contribution in [2.24, 2.45) is 5.41 Å². The molecule has 0 spiro atoms. The van der Waals surface area contributed by atoms with Gasteiger partial charge in [0.1, 0.15) is 0 Å². The molecule has 4 heteroatoms. The quantitative estimate of drug-likeness (QED) is 0.878. The van der Waals surface area contributed by atoms with Gasteiger partial charge in [0.2, 0.25) is 5.91 Å². The maximum atomic E-state index is 12.3. The van der Waals surface area contributed by atoms with Crippen molar-refractivity contribution in [2.45, 2.75) is 40.2 Å². The minimum Gasteiger partial charge on any atom is -0.351 e. The molecule has 2 heterocycles.